The van der Waals surface area contributed by atoms with Crippen LogP contribution in [-0.4, -0.2) is 50.4 Å². The Morgan fingerprint density at radius 3 is 2.48 bits per heavy atom. The lowest BCUT2D eigenvalue weighted by Gasteiger charge is -2.35. The summed E-state index contributed by atoms with van der Waals surface area (Å²) in [6.45, 7) is 5.95. The number of thiophene rings is 1. The maximum atomic E-state index is 13.4. The largest absolute Gasteiger partial charge is 0.368 e. The predicted molar refractivity (Wildman–Crippen MR) is 127 cm³/mol. The second kappa shape index (κ2) is 8.53. The maximum absolute atomic E-state index is 13.4. The fourth-order valence-corrected chi connectivity index (χ4v) is 5.28. The van der Waals surface area contributed by atoms with Gasteiger partial charge in [0.1, 0.15) is 10.6 Å². The molecular weight excluding hydrogens is 443 g/mol. The number of fused-ring (bicyclic) bond motifs is 1. The normalized spacial score (nSPS) is 14.8. The van der Waals surface area contributed by atoms with Gasteiger partial charge >= 0.3 is 5.69 Å². The molecule has 10 heteroatoms. The van der Waals surface area contributed by atoms with E-state index in [4.69, 9.17) is 0 Å². The van der Waals surface area contributed by atoms with E-state index in [1.165, 1.54) is 40.2 Å². The Hall–Kier alpha value is -3.37. The molecule has 1 fully saturated rings. The number of hydrogen-bond donors (Lipinski definition) is 0. The van der Waals surface area contributed by atoms with Crippen LogP contribution in [0.2, 0.25) is 0 Å². The van der Waals surface area contributed by atoms with Crippen LogP contribution in [0.3, 0.4) is 0 Å². The number of benzene rings is 1. The van der Waals surface area contributed by atoms with Gasteiger partial charge in [-0.25, -0.2) is 13.8 Å². The molecule has 1 aliphatic heterocycles. The summed E-state index contributed by atoms with van der Waals surface area (Å²) in [6, 6.07) is 7.43. The van der Waals surface area contributed by atoms with Crippen molar-refractivity contribution in [1.82, 2.24) is 24.2 Å². The summed E-state index contributed by atoms with van der Waals surface area (Å²) in [5.41, 5.74) is 2.41. The van der Waals surface area contributed by atoms with E-state index < -0.39 is 11.5 Å². The third-order valence-corrected chi connectivity index (χ3v) is 7.13. The van der Waals surface area contributed by atoms with Crippen LogP contribution in [0.25, 0.3) is 15.9 Å². The van der Waals surface area contributed by atoms with Crippen molar-refractivity contribution in [2.24, 2.45) is 7.05 Å². The van der Waals surface area contributed by atoms with Gasteiger partial charge in [0.05, 0.1) is 28.7 Å². The lowest BCUT2D eigenvalue weighted by Crippen LogP contribution is -2.46. The molecule has 8 nitrogen and oxygen atoms in total. The van der Waals surface area contributed by atoms with Gasteiger partial charge in [-0.3, -0.25) is 14.3 Å². The average molecular weight is 467 g/mol. The summed E-state index contributed by atoms with van der Waals surface area (Å²) in [5, 5.41) is 10.6. The van der Waals surface area contributed by atoms with Crippen molar-refractivity contribution in [3.05, 3.63) is 79.8 Å². The number of aromatic nitrogens is 4. The molecule has 33 heavy (non-hydrogen) atoms. The summed E-state index contributed by atoms with van der Waals surface area (Å²) in [6.07, 6.45) is 1.79. The Morgan fingerprint density at radius 1 is 1.06 bits per heavy atom. The van der Waals surface area contributed by atoms with E-state index in [2.05, 4.69) is 20.0 Å². The lowest BCUT2D eigenvalue weighted by molar-refractivity contribution is 0.251. The van der Waals surface area contributed by atoms with Crippen LogP contribution in [-0.2, 0) is 13.6 Å². The zero-order valence-electron chi connectivity index (χ0n) is 18.4. The van der Waals surface area contributed by atoms with Crippen molar-refractivity contribution in [2.45, 2.75) is 13.5 Å². The Bertz CT molecular complexity index is 1430. The minimum atomic E-state index is -0.442. The van der Waals surface area contributed by atoms with Crippen LogP contribution < -0.4 is 16.1 Å². The van der Waals surface area contributed by atoms with Crippen molar-refractivity contribution in [3.8, 4) is 5.69 Å². The van der Waals surface area contributed by atoms with Gasteiger partial charge in [0.15, 0.2) is 0 Å². The van der Waals surface area contributed by atoms with Gasteiger partial charge in [-0.15, -0.1) is 11.3 Å². The van der Waals surface area contributed by atoms with E-state index in [0.29, 0.717) is 22.4 Å². The van der Waals surface area contributed by atoms with Gasteiger partial charge in [-0.05, 0) is 48.2 Å². The number of halogens is 1. The van der Waals surface area contributed by atoms with Crippen molar-refractivity contribution >= 4 is 27.2 Å². The Labute approximate surface area is 193 Å². The summed E-state index contributed by atoms with van der Waals surface area (Å²) in [5.74, 6) is -0.419. The number of rotatable bonds is 4. The van der Waals surface area contributed by atoms with Crippen molar-refractivity contribution in [3.63, 3.8) is 0 Å². The van der Waals surface area contributed by atoms with E-state index in [-0.39, 0.29) is 5.56 Å². The molecule has 0 amide bonds. The summed E-state index contributed by atoms with van der Waals surface area (Å²) < 4.78 is 16.0. The highest BCUT2D eigenvalue weighted by Crippen LogP contribution is 2.24. The van der Waals surface area contributed by atoms with Gasteiger partial charge in [0, 0.05) is 39.8 Å². The second-order valence-corrected chi connectivity index (χ2v) is 9.08. The topological polar surface area (TPSA) is 76.3 Å². The Balaban J connectivity index is 1.43. The molecule has 4 heterocycles. The average Bonchev–Trinajstić information content (AvgIpc) is 3.23. The molecule has 0 aliphatic carbocycles. The minimum absolute atomic E-state index is 0.357. The summed E-state index contributed by atoms with van der Waals surface area (Å²) in [4.78, 5) is 31.5. The van der Waals surface area contributed by atoms with E-state index >= 15 is 0 Å². The highest BCUT2D eigenvalue weighted by atomic mass is 32.1. The Kier molecular flexibility index (Phi) is 5.55. The van der Waals surface area contributed by atoms with Crippen LogP contribution in [0.4, 0.5) is 10.1 Å². The van der Waals surface area contributed by atoms with Gasteiger partial charge in [-0.2, -0.15) is 10.2 Å². The van der Waals surface area contributed by atoms with Crippen LogP contribution in [0, 0.1) is 12.7 Å². The van der Waals surface area contributed by atoms with E-state index in [0.717, 1.165) is 47.7 Å². The molecule has 3 aromatic heterocycles. The first-order valence-electron chi connectivity index (χ1n) is 10.7. The molecule has 1 saturated heterocycles. The molecule has 0 saturated carbocycles. The molecule has 0 N–H and O–H groups in total. The molecule has 0 unspecified atom stereocenters. The summed E-state index contributed by atoms with van der Waals surface area (Å²) >= 11 is 1.40. The SMILES string of the molecule is Cc1cc(N2CCN(Cc3csc4c3c(=O)n(-c3ccc(F)cc3)c(=O)n4C)CC2)cnn1. The van der Waals surface area contributed by atoms with E-state index in [9.17, 15) is 14.0 Å². The molecule has 0 spiro atoms. The highest BCUT2D eigenvalue weighted by Gasteiger charge is 2.22. The zero-order valence-corrected chi connectivity index (χ0v) is 19.2. The Morgan fingerprint density at radius 2 is 1.79 bits per heavy atom. The van der Waals surface area contributed by atoms with Crippen LogP contribution in [0.1, 0.15) is 11.3 Å². The second-order valence-electron chi connectivity index (χ2n) is 8.22. The zero-order chi connectivity index (χ0) is 23.1. The smallest absolute Gasteiger partial charge is 0.336 e. The molecule has 0 radical (unpaired) electrons. The molecule has 5 rings (SSSR count). The van der Waals surface area contributed by atoms with Crippen molar-refractivity contribution < 1.29 is 4.39 Å². The van der Waals surface area contributed by atoms with E-state index in [1.807, 2.05) is 18.4 Å². The fraction of sp³-hybridized carbons (Fsp3) is 0.304. The lowest BCUT2D eigenvalue weighted by atomic mass is 10.2. The molecular formula is C23H23FN6O2S. The number of anilines is 1. The van der Waals surface area contributed by atoms with Crippen LogP contribution in [0.15, 0.2) is 51.5 Å². The third kappa shape index (κ3) is 3.96. The molecule has 0 bridgehead atoms. The quantitative estimate of drug-likeness (QED) is 0.460. The number of hydrogen-bond acceptors (Lipinski definition) is 7. The number of piperazine rings is 1. The monoisotopic (exact) mass is 466 g/mol. The van der Waals surface area contributed by atoms with Crippen molar-refractivity contribution in [2.75, 3.05) is 31.1 Å². The van der Waals surface area contributed by atoms with Crippen LogP contribution >= 0.6 is 11.3 Å². The van der Waals surface area contributed by atoms with E-state index in [1.54, 1.807) is 13.2 Å². The third-order valence-electron chi connectivity index (χ3n) is 6.03. The van der Waals surface area contributed by atoms with Gasteiger partial charge in [0.2, 0.25) is 0 Å². The highest BCUT2D eigenvalue weighted by molar-refractivity contribution is 7.17. The predicted octanol–water partition coefficient (Wildman–Crippen LogP) is 2.31. The first kappa shape index (κ1) is 21.5. The van der Waals surface area contributed by atoms with Crippen LogP contribution in [0.5, 0.6) is 0 Å². The molecule has 4 aromatic rings. The standard InChI is InChI=1S/C23H23FN6O2S/c1-15-11-19(12-25-26-15)29-9-7-28(8-10-29)13-16-14-33-22-20(16)21(31)30(23(32)27(22)2)18-5-3-17(24)4-6-18/h3-6,11-12,14H,7-10,13H2,1-2H3. The van der Waals surface area contributed by atoms with Crippen molar-refractivity contribution in [1.29, 1.82) is 0 Å². The number of aryl methyl sites for hydroxylation is 2. The molecule has 0 atom stereocenters. The first-order chi connectivity index (χ1) is 15.9. The first-order valence-corrected chi connectivity index (χ1v) is 11.5. The summed E-state index contributed by atoms with van der Waals surface area (Å²) in [7, 11) is 1.66. The molecule has 170 valence electrons. The molecule has 1 aromatic carbocycles. The van der Waals surface area contributed by atoms with Gasteiger partial charge in [-0.1, -0.05) is 0 Å². The van der Waals surface area contributed by atoms with Gasteiger partial charge in [0.25, 0.3) is 5.56 Å². The molecule has 1 aliphatic rings. The maximum Gasteiger partial charge on any atom is 0.336 e. The fourth-order valence-electron chi connectivity index (χ4n) is 4.26. The number of nitrogens with zero attached hydrogens (tertiary/aromatic N) is 6. The van der Waals surface area contributed by atoms with Gasteiger partial charge < -0.3 is 4.90 Å². The minimum Gasteiger partial charge on any atom is -0.368 e.